The molecule has 0 unspecified atom stereocenters. The fraction of sp³-hybridized carbons (Fsp3) is 0.176. The Kier molecular flexibility index (Phi) is 6.97. The van der Waals surface area contributed by atoms with Crippen molar-refractivity contribution in [2.45, 2.75) is 17.1 Å². The number of amides is 1. The summed E-state index contributed by atoms with van der Waals surface area (Å²) in [4.78, 5) is 24.7. The van der Waals surface area contributed by atoms with Gasteiger partial charge in [-0.25, -0.2) is 0 Å². The third-order valence-corrected chi connectivity index (χ3v) is 4.62. The highest BCUT2D eigenvalue weighted by molar-refractivity contribution is 8.00. The fourth-order valence-electron chi connectivity index (χ4n) is 1.77. The summed E-state index contributed by atoms with van der Waals surface area (Å²) >= 11 is 13.1. The highest BCUT2D eigenvalue weighted by Crippen LogP contribution is 2.25. The van der Waals surface area contributed by atoms with Crippen molar-refractivity contribution in [3.63, 3.8) is 0 Å². The van der Waals surface area contributed by atoms with Gasteiger partial charge in [-0.2, -0.15) is 0 Å². The molecule has 2 rings (SSSR count). The average molecular weight is 384 g/mol. The minimum absolute atomic E-state index is 0.366. The van der Waals surface area contributed by atoms with Crippen LogP contribution in [0.25, 0.3) is 0 Å². The molecule has 7 heteroatoms. The van der Waals surface area contributed by atoms with E-state index < -0.39 is 17.1 Å². The summed E-state index contributed by atoms with van der Waals surface area (Å²) in [5.74, 6) is -0.913. The number of anilines is 1. The number of nitrogens with one attached hydrogen (secondary N) is 1. The summed E-state index contributed by atoms with van der Waals surface area (Å²) in [6.07, 6.45) is 0. The van der Waals surface area contributed by atoms with E-state index in [-0.39, 0.29) is 6.61 Å². The van der Waals surface area contributed by atoms with E-state index in [1.807, 2.05) is 12.1 Å². The van der Waals surface area contributed by atoms with Crippen molar-refractivity contribution in [3.05, 3.63) is 58.6 Å². The molecule has 126 valence electrons. The van der Waals surface area contributed by atoms with E-state index in [2.05, 4.69) is 5.32 Å². The van der Waals surface area contributed by atoms with E-state index in [0.717, 1.165) is 4.90 Å². The second kappa shape index (κ2) is 8.97. The normalized spacial score (nSPS) is 11.6. The number of rotatable bonds is 6. The summed E-state index contributed by atoms with van der Waals surface area (Å²) < 4.78 is 5.03. The van der Waals surface area contributed by atoms with Gasteiger partial charge in [0.1, 0.15) is 5.25 Å². The number of carbonyl (C=O) groups is 2. The Hall–Kier alpha value is -1.69. The Morgan fingerprint density at radius 1 is 1.12 bits per heavy atom. The fourth-order valence-corrected chi connectivity index (χ4v) is 2.94. The van der Waals surface area contributed by atoms with Crippen molar-refractivity contribution in [2.75, 3.05) is 11.9 Å². The molecular weight excluding hydrogens is 369 g/mol. The first-order chi connectivity index (χ1) is 11.5. The van der Waals surface area contributed by atoms with Crippen LogP contribution in [0.1, 0.15) is 6.92 Å². The molecule has 0 saturated carbocycles. The first kappa shape index (κ1) is 18.6. The molecule has 0 bridgehead atoms. The van der Waals surface area contributed by atoms with Crippen molar-refractivity contribution < 1.29 is 14.3 Å². The zero-order valence-electron chi connectivity index (χ0n) is 12.8. The predicted molar refractivity (Wildman–Crippen MR) is 97.8 cm³/mol. The van der Waals surface area contributed by atoms with Crippen LogP contribution in [-0.2, 0) is 14.3 Å². The third-order valence-electron chi connectivity index (χ3n) is 2.95. The number of carbonyl (C=O) groups excluding carboxylic acids is 2. The molecule has 2 aromatic rings. The standard InChI is InChI=1S/C17H15Cl2NO3S/c1-11(24-13-8-6-12(18)7-9-13)17(22)23-10-16(21)20-15-5-3-2-4-14(15)19/h2-9,11H,10H2,1H3,(H,20,21)/t11-/m1/s1. The number of esters is 1. The van der Waals surface area contributed by atoms with Gasteiger partial charge in [-0.15, -0.1) is 11.8 Å². The van der Waals surface area contributed by atoms with E-state index in [1.165, 1.54) is 11.8 Å². The van der Waals surface area contributed by atoms with E-state index in [0.29, 0.717) is 15.7 Å². The molecule has 0 fully saturated rings. The van der Waals surface area contributed by atoms with Crippen LogP contribution in [0.15, 0.2) is 53.4 Å². The maximum Gasteiger partial charge on any atom is 0.319 e. The summed E-state index contributed by atoms with van der Waals surface area (Å²) in [7, 11) is 0. The Labute approximate surface area is 154 Å². The lowest BCUT2D eigenvalue weighted by atomic mass is 10.3. The predicted octanol–water partition coefficient (Wildman–Crippen LogP) is 4.66. The van der Waals surface area contributed by atoms with Crippen molar-refractivity contribution in [2.24, 2.45) is 0 Å². The molecule has 0 heterocycles. The molecule has 2 aromatic carbocycles. The van der Waals surface area contributed by atoms with E-state index >= 15 is 0 Å². The number of hydrogen-bond donors (Lipinski definition) is 1. The van der Waals surface area contributed by atoms with E-state index in [9.17, 15) is 9.59 Å². The van der Waals surface area contributed by atoms with Crippen LogP contribution in [0, 0.1) is 0 Å². The summed E-state index contributed by atoms with van der Waals surface area (Å²) in [6.45, 7) is 1.35. The number of thioether (sulfide) groups is 1. The van der Waals surface area contributed by atoms with Crippen molar-refractivity contribution in [3.8, 4) is 0 Å². The largest absolute Gasteiger partial charge is 0.455 e. The monoisotopic (exact) mass is 383 g/mol. The van der Waals surface area contributed by atoms with Gasteiger partial charge in [0.05, 0.1) is 10.7 Å². The topological polar surface area (TPSA) is 55.4 Å². The molecule has 0 aliphatic rings. The van der Waals surface area contributed by atoms with E-state index in [1.54, 1.807) is 43.3 Å². The molecule has 1 atom stereocenters. The minimum Gasteiger partial charge on any atom is -0.455 e. The highest BCUT2D eigenvalue weighted by Gasteiger charge is 2.17. The highest BCUT2D eigenvalue weighted by atomic mass is 35.5. The van der Waals surface area contributed by atoms with Crippen LogP contribution >= 0.6 is 35.0 Å². The molecule has 0 aliphatic carbocycles. The van der Waals surface area contributed by atoms with Gasteiger partial charge in [-0.3, -0.25) is 9.59 Å². The number of para-hydroxylation sites is 1. The molecule has 1 N–H and O–H groups in total. The van der Waals surface area contributed by atoms with Gasteiger partial charge in [-0.05, 0) is 43.3 Å². The molecule has 0 saturated heterocycles. The van der Waals surface area contributed by atoms with Gasteiger partial charge in [0.25, 0.3) is 5.91 Å². The molecule has 0 radical (unpaired) electrons. The van der Waals surface area contributed by atoms with Crippen LogP contribution in [0.4, 0.5) is 5.69 Å². The van der Waals surface area contributed by atoms with Gasteiger partial charge in [0, 0.05) is 9.92 Å². The quantitative estimate of drug-likeness (QED) is 0.582. The lowest BCUT2D eigenvalue weighted by Gasteiger charge is -2.12. The maximum absolute atomic E-state index is 12.0. The van der Waals surface area contributed by atoms with Gasteiger partial charge in [0.2, 0.25) is 0 Å². The molecular formula is C17H15Cl2NO3S. The number of hydrogen-bond acceptors (Lipinski definition) is 4. The third kappa shape index (κ3) is 5.74. The first-order valence-corrected chi connectivity index (χ1v) is 8.72. The molecule has 0 aliphatic heterocycles. The van der Waals surface area contributed by atoms with Gasteiger partial charge >= 0.3 is 5.97 Å². The first-order valence-electron chi connectivity index (χ1n) is 7.09. The molecule has 24 heavy (non-hydrogen) atoms. The van der Waals surface area contributed by atoms with Crippen LogP contribution in [0.5, 0.6) is 0 Å². The molecule has 0 aromatic heterocycles. The Morgan fingerprint density at radius 2 is 1.79 bits per heavy atom. The van der Waals surface area contributed by atoms with Gasteiger partial charge in [0.15, 0.2) is 6.61 Å². The van der Waals surface area contributed by atoms with E-state index in [4.69, 9.17) is 27.9 Å². The van der Waals surface area contributed by atoms with Gasteiger partial charge < -0.3 is 10.1 Å². The SMILES string of the molecule is C[C@@H](Sc1ccc(Cl)cc1)C(=O)OCC(=O)Nc1ccccc1Cl. The van der Waals surface area contributed by atoms with Crippen molar-refractivity contribution >= 4 is 52.5 Å². The Balaban J connectivity index is 1.80. The average Bonchev–Trinajstić information content (AvgIpc) is 2.57. The number of benzene rings is 2. The second-order valence-corrected chi connectivity index (χ2v) is 7.11. The van der Waals surface area contributed by atoms with Crippen LogP contribution < -0.4 is 5.32 Å². The zero-order valence-corrected chi connectivity index (χ0v) is 15.1. The Morgan fingerprint density at radius 3 is 2.46 bits per heavy atom. The summed E-state index contributed by atoms with van der Waals surface area (Å²) in [6, 6.07) is 14.0. The van der Waals surface area contributed by atoms with Gasteiger partial charge in [-0.1, -0.05) is 35.3 Å². The van der Waals surface area contributed by atoms with Crippen LogP contribution in [0.3, 0.4) is 0 Å². The van der Waals surface area contributed by atoms with Crippen molar-refractivity contribution in [1.29, 1.82) is 0 Å². The molecule has 0 spiro atoms. The summed E-state index contributed by atoms with van der Waals surface area (Å²) in [5.41, 5.74) is 0.476. The lowest BCUT2D eigenvalue weighted by Crippen LogP contribution is -2.24. The Bertz CT molecular complexity index is 722. The lowest BCUT2D eigenvalue weighted by molar-refractivity contribution is -0.146. The maximum atomic E-state index is 12.0. The number of halogens is 2. The molecule has 1 amide bonds. The summed E-state index contributed by atoms with van der Waals surface area (Å²) in [5, 5.41) is 3.20. The van der Waals surface area contributed by atoms with Crippen LogP contribution in [-0.4, -0.2) is 23.7 Å². The smallest absolute Gasteiger partial charge is 0.319 e. The zero-order chi connectivity index (χ0) is 17.5. The van der Waals surface area contributed by atoms with Crippen molar-refractivity contribution in [1.82, 2.24) is 0 Å². The van der Waals surface area contributed by atoms with Crippen LogP contribution in [0.2, 0.25) is 10.0 Å². The second-order valence-electron chi connectivity index (χ2n) is 4.85. The molecule has 4 nitrogen and oxygen atoms in total. The minimum atomic E-state index is -0.468. The number of ether oxygens (including phenoxy) is 1.